The monoisotopic (exact) mass is 1150 g/mol. The zero-order valence-electron chi connectivity index (χ0n) is 45.0. The van der Waals surface area contributed by atoms with Crippen LogP contribution in [0.4, 0.5) is 67.3 Å². The van der Waals surface area contributed by atoms with E-state index >= 15 is 0 Å². The van der Waals surface area contributed by atoms with Crippen molar-refractivity contribution < 1.29 is 45.7 Å². The first-order valence-electron chi connectivity index (χ1n) is 24.9. The molecule has 4 heterocycles. The Morgan fingerprint density at radius 3 is 1.33 bits per heavy atom. The van der Waals surface area contributed by atoms with Crippen molar-refractivity contribution in [3.63, 3.8) is 0 Å². The number of nitrogens with zero attached hydrogens (tertiary/aromatic N) is 6. The first-order valence-corrected chi connectivity index (χ1v) is 25.3. The lowest BCUT2D eigenvalue weighted by molar-refractivity contribution is -0.671. The second kappa shape index (κ2) is 31.5. The summed E-state index contributed by atoms with van der Waals surface area (Å²) >= 11 is 5.87. The number of pyridine rings is 4. The van der Waals surface area contributed by atoms with Gasteiger partial charge in [0.15, 0.2) is 24.8 Å². The molecule has 0 unspecified atom stereocenters. The van der Waals surface area contributed by atoms with Gasteiger partial charge >= 0.3 is 0 Å². The van der Waals surface area contributed by atoms with E-state index in [9.17, 15) is 29.8 Å². The van der Waals surface area contributed by atoms with Crippen LogP contribution >= 0.6 is 11.6 Å². The van der Waals surface area contributed by atoms with Gasteiger partial charge in [0.05, 0.1) is 37.3 Å². The molecular formula is C56H48B7Cl2FN12O6+. The van der Waals surface area contributed by atoms with Crippen LogP contribution in [0.3, 0.4) is 0 Å². The van der Waals surface area contributed by atoms with Crippen molar-refractivity contribution in [3.05, 3.63) is 243 Å². The molecule has 0 atom stereocenters. The summed E-state index contributed by atoms with van der Waals surface area (Å²) in [6.45, 7) is 0. The lowest BCUT2D eigenvalue weighted by Crippen LogP contribution is -3.00. The lowest BCUT2D eigenvalue weighted by Gasteiger charge is -2.11. The van der Waals surface area contributed by atoms with Gasteiger partial charge in [-0.3, -0.25) is 44.5 Å². The number of nitro benzene ring substituents is 2. The molecule has 0 aliphatic heterocycles. The van der Waals surface area contributed by atoms with Crippen molar-refractivity contribution in [2.45, 2.75) is 0 Å². The fraction of sp³-hybridized carbons (Fsp3) is 0.0357. The predicted octanol–water partition coefficient (Wildman–Crippen LogP) is 6.08. The Hall–Kier alpha value is -9.66. The standard InChI is InChI=1S/C28H22N6O3.C19H18N4O.C9H5ClN2O2.B7.ClH.FH/c1-33-16-13-23(14-17-33)30-20-6-8-22(9-7-20)32-28(35)19-2-4-21(5-3-19)31-27-12-15-29-26-11-10-24(34(36)37)18-25(26)27;1-23-12-10-18(11-13-23)21-16-6-8-17(9-7-16)22-19(24)14-2-4-15(20)5-3-14;10-8-3-4-11-9-2-1-6(12(13)14)5-7(8)9;1-5-7(4)6(2)3;;/h2-18H,1H3,(H2,29,31,32,35);2-13H,1H3,(H3,20,22,24);1-5H;;2*1H/p+1. The third kappa shape index (κ3) is 19.2. The molecule has 409 valence electrons. The van der Waals surface area contributed by atoms with E-state index in [1.54, 1.807) is 85.2 Å². The minimum Gasteiger partial charge on any atom is -1.00 e. The number of benzene rings is 6. The number of nitro groups is 2. The second-order valence-electron chi connectivity index (χ2n) is 18.1. The van der Waals surface area contributed by atoms with Gasteiger partial charge in [0, 0.05) is 173 Å². The zero-order valence-corrected chi connectivity index (χ0v) is 46.6. The Kier molecular flexibility index (Phi) is 24.5. The van der Waals surface area contributed by atoms with E-state index in [2.05, 4.69) is 36.6 Å². The molecule has 9 radical (unpaired) electrons. The molecule has 6 aromatic carbocycles. The molecule has 0 saturated heterocycles. The molecular weight excluding hydrogens is 1100 g/mol. The van der Waals surface area contributed by atoms with Crippen molar-refractivity contribution in [2.75, 3.05) is 32.3 Å². The Labute approximate surface area is 501 Å². The Bertz CT molecular complexity index is 3820. The van der Waals surface area contributed by atoms with E-state index in [0.717, 1.165) is 34.1 Å². The van der Waals surface area contributed by atoms with Crippen LogP contribution in [-0.2, 0) is 14.1 Å². The molecule has 0 fully saturated rings. The molecule has 0 saturated carbocycles. The van der Waals surface area contributed by atoms with Gasteiger partial charge < -0.3 is 44.7 Å². The summed E-state index contributed by atoms with van der Waals surface area (Å²) in [4.78, 5) is 54.0. The number of hydrogen-bond donors (Lipinski definition) is 6. The smallest absolute Gasteiger partial charge is 0.270 e. The number of nitrogen functional groups attached to an aromatic ring is 1. The van der Waals surface area contributed by atoms with Crippen LogP contribution in [0.25, 0.3) is 21.8 Å². The number of aromatic nitrogens is 4. The third-order valence-electron chi connectivity index (χ3n) is 11.9. The molecule has 0 bridgehead atoms. The topological polar surface area (TPSA) is 240 Å². The van der Waals surface area contributed by atoms with Gasteiger partial charge in [-0.05, 0) is 121 Å². The number of carbonyl (C=O) groups is 2. The SMILES string of the molecule is C[n+]1ccc(Nc2ccc(NC(=O)c3ccc(N)cc3)cc2)cc1.C[n+]1ccc(Nc2ccc(NC(=O)c3ccc(Nc4ccnc5ccc([N+](=O)[O-])cc45)cc3)cc2)cc1.F.O=[N+]([O-])c1ccc2nccc(Cl)c2c1.[B][B]B([B])B([B])[B].[Cl-]. The van der Waals surface area contributed by atoms with Gasteiger partial charge in [-0.1, -0.05) is 11.6 Å². The van der Waals surface area contributed by atoms with Gasteiger partial charge in [0.1, 0.15) is 14.1 Å². The quantitative estimate of drug-likeness (QED) is 0.0239. The first kappa shape index (κ1) is 65.2. The molecule has 28 heteroatoms. The van der Waals surface area contributed by atoms with Gasteiger partial charge in [0.2, 0.25) is 0 Å². The molecule has 4 aromatic heterocycles. The van der Waals surface area contributed by atoms with Crippen molar-refractivity contribution in [3.8, 4) is 0 Å². The summed E-state index contributed by atoms with van der Waals surface area (Å²) in [6, 6.07) is 49.2. The number of non-ortho nitro benzene ring substituents is 2. The maximum atomic E-state index is 12.7. The van der Waals surface area contributed by atoms with Crippen molar-refractivity contribution >= 4 is 159 Å². The minimum absolute atomic E-state index is 0. The molecule has 0 aliphatic rings. The Morgan fingerprint density at radius 1 is 0.548 bits per heavy atom. The van der Waals surface area contributed by atoms with Gasteiger partial charge in [-0.15, -0.1) is 0 Å². The lowest BCUT2D eigenvalue weighted by atomic mass is 8.76. The third-order valence-corrected chi connectivity index (χ3v) is 12.2. The highest BCUT2D eigenvalue weighted by atomic mass is 35.5. The number of halogens is 3. The van der Waals surface area contributed by atoms with Crippen LogP contribution in [0, 0.1) is 20.2 Å². The number of carbonyl (C=O) groups excluding carboxylic acids is 2. The normalized spacial score (nSPS) is 9.94. The average molecular weight is 1150 g/mol. The van der Waals surface area contributed by atoms with Crippen LogP contribution in [0.1, 0.15) is 20.7 Å². The van der Waals surface area contributed by atoms with Crippen LogP contribution in [0.5, 0.6) is 0 Å². The van der Waals surface area contributed by atoms with Crippen molar-refractivity contribution in [2.24, 2.45) is 14.1 Å². The first-order chi connectivity index (χ1) is 39.4. The van der Waals surface area contributed by atoms with E-state index in [4.69, 9.17) is 48.3 Å². The highest BCUT2D eigenvalue weighted by molar-refractivity contribution is 7.81. The molecule has 10 rings (SSSR count). The number of hydrogen-bond acceptors (Lipinski definition) is 12. The summed E-state index contributed by atoms with van der Waals surface area (Å²) in [5.41, 5.74) is 15.3. The summed E-state index contributed by atoms with van der Waals surface area (Å²) < 4.78 is 3.93. The van der Waals surface area contributed by atoms with Crippen LogP contribution in [0.15, 0.2) is 207 Å². The zero-order chi connectivity index (χ0) is 58.7. The Morgan fingerprint density at radius 2 is 0.917 bits per heavy atom. The highest BCUT2D eigenvalue weighted by Crippen LogP contribution is 2.30. The summed E-state index contributed by atoms with van der Waals surface area (Å²) in [6.07, 6.45) is 10.2. The van der Waals surface area contributed by atoms with E-state index in [0.29, 0.717) is 55.0 Å². The predicted molar refractivity (Wildman–Crippen MR) is 336 cm³/mol. The summed E-state index contributed by atoms with van der Waals surface area (Å²) in [5, 5.41) is 39.0. The van der Waals surface area contributed by atoms with Gasteiger partial charge in [0.25, 0.3) is 23.2 Å². The van der Waals surface area contributed by atoms with Crippen molar-refractivity contribution in [1.82, 2.24) is 9.97 Å². The Balaban J connectivity index is 0.000000234. The van der Waals surface area contributed by atoms with Crippen LogP contribution in [-0.4, -0.2) is 82.4 Å². The number of amides is 2. The van der Waals surface area contributed by atoms with E-state index in [1.807, 2.05) is 121 Å². The molecule has 2 amide bonds. The van der Waals surface area contributed by atoms with Crippen LogP contribution < -0.4 is 53.9 Å². The average Bonchev–Trinajstić information content (AvgIpc) is 3.41. The molecule has 7 N–H and O–H groups in total. The minimum atomic E-state index is -0.537. The number of anilines is 9. The summed E-state index contributed by atoms with van der Waals surface area (Å²) in [7, 11) is 25.5. The van der Waals surface area contributed by atoms with Crippen molar-refractivity contribution in [1.29, 1.82) is 0 Å². The highest BCUT2D eigenvalue weighted by Gasteiger charge is 2.13. The van der Waals surface area contributed by atoms with Crippen LogP contribution in [0.2, 0.25) is 5.02 Å². The molecule has 0 spiro atoms. The van der Waals surface area contributed by atoms with Gasteiger partial charge in [-0.25, -0.2) is 9.13 Å². The molecule has 84 heavy (non-hydrogen) atoms. The second-order valence-corrected chi connectivity index (χ2v) is 18.5. The number of nitrogens with two attached hydrogens (primary N) is 1. The fourth-order valence-electron chi connectivity index (χ4n) is 7.38. The molecule has 0 aliphatic carbocycles. The number of fused-ring (bicyclic) bond motifs is 2. The maximum Gasteiger partial charge on any atom is 0.270 e. The number of aryl methyl sites for hydroxylation is 2. The summed E-state index contributed by atoms with van der Waals surface area (Å²) in [5.74, 6) is -0.390. The largest absolute Gasteiger partial charge is 1.00 e. The number of nitrogens with one attached hydrogen (secondary N) is 5. The van der Waals surface area contributed by atoms with E-state index < -0.39 is 16.2 Å². The number of rotatable bonds is 14. The van der Waals surface area contributed by atoms with Gasteiger partial charge in [-0.2, -0.15) is 0 Å². The maximum absolute atomic E-state index is 12.7. The molecule has 10 aromatic rings. The fourth-order valence-corrected chi connectivity index (χ4v) is 7.58. The van der Waals surface area contributed by atoms with E-state index in [-0.39, 0.29) is 46.7 Å². The van der Waals surface area contributed by atoms with E-state index in [1.165, 1.54) is 31.3 Å². The molecule has 18 nitrogen and oxygen atoms in total.